The van der Waals surface area contributed by atoms with E-state index in [2.05, 4.69) is 26.9 Å². The van der Waals surface area contributed by atoms with Crippen molar-refractivity contribution in [1.82, 2.24) is 25.5 Å². The van der Waals surface area contributed by atoms with Gasteiger partial charge in [0.15, 0.2) is 6.04 Å². The van der Waals surface area contributed by atoms with Crippen LogP contribution in [0.25, 0.3) is 0 Å². The van der Waals surface area contributed by atoms with Crippen molar-refractivity contribution in [2.24, 2.45) is 0 Å². The number of nitrogens with zero attached hydrogens (tertiary/aromatic N) is 4. The zero-order valence-electron chi connectivity index (χ0n) is 14.2. The van der Waals surface area contributed by atoms with Crippen molar-refractivity contribution in [1.29, 1.82) is 0 Å². The molecule has 1 aliphatic rings. The maximum Gasteiger partial charge on any atom is 0.249 e. The Morgan fingerprint density at radius 1 is 1.23 bits per heavy atom. The third-order valence-electron chi connectivity index (χ3n) is 4.43. The first-order valence-corrected chi connectivity index (χ1v) is 8.61. The number of carbonyl (C=O) groups is 1. The highest BCUT2D eigenvalue weighted by Gasteiger charge is 2.23. The standard InChI is InChI=1S/C19H19N5O2/c25-19(18(24-13-21-22-23-24)15-5-2-1-3-6-15)20-12-14-8-9-17-16(11-14)7-4-10-26-17/h1-3,5-6,8-9,11,13,18H,4,7,10,12H2,(H,20,25). The lowest BCUT2D eigenvalue weighted by molar-refractivity contribution is -0.123. The van der Waals surface area contributed by atoms with E-state index in [-0.39, 0.29) is 5.91 Å². The predicted molar refractivity (Wildman–Crippen MR) is 94.5 cm³/mol. The Labute approximate surface area is 151 Å². The number of benzene rings is 2. The van der Waals surface area contributed by atoms with Gasteiger partial charge in [-0.2, -0.15) is 0 Å². The SMILES string of the molecule is O=C(NCc1ccc2c(c1)CCCO2)C(c1ccccc1)n1cnnn1. The van der Waals surface area contributed by atoms with Crippen LogP contribution >= 0.6 is 0 Å². The summed E-state index contributed by atoms with van der Waals surface area (Å²) < 4.78 is 7.10. The molecule has 26 heavy (non-hydrogen) atoms. The monoisotopic (exact) mass is 349 g/mol. The van der Waals surface area contributed by atoms with Crippen LogP contribution in [-0.2, 0) is 17.8 Å². The normalized spacial score (nSPS) is 14.2. The molecule has 0 fully saturated rings. The molecule has 1 atom stereocenters. The van der Waals surface area contributed by atoms with Crippen LogP contribution in [0, 0.1) is 0 Å². The summed E-state index contributed by atoms with van der Waals surface area (Å²) in [7, 11) is 0. The molecule has 0 saturated carbocycles. The van der Waals surface area contributed by atoms with Crippen LogP contribution in [0.3, 0.4) is 0 Å². The molecule has 1 unspecified atom stereocenters. The number of ether oxygens (including phenoxy) is 1. The van der Waals surface area contributed by atoms with Gasteiger partial charge in [-0.05, 0) is 46.0 Å². The highest BCUT2D eigenvalue weighted by molar-refractivity contribution is 5.83. The quantitative estimate of drug-likeness (QED) is 0.761. The second-order valence-electron chi connectivity index (χ2n) is 6.21. The van der Waals surface area contributed by atoms with E-state index in [0.717, 1.165) is 36.3 Å². The van der Waals surface area contributed by atoms with Crippen LogP contribution in [0.1, 0.15) is 29.2 Å². The van der Waals surface area contributed by atoms with Crippen LogP contribution in [0.15, 0.2) is 54.9 Å². The smallest absolute Gasteiger partial charge is 0.249 e. The summed E-state index contributed by atoms with van der Waals surface area (Å²) in [6.45, 7) is 1.21. The summed E-state index contributed by atoms with van der Waals surface area (Å²) >= 11 is 0. The number of hydrogen-bond donors (Lipinski definition) is 1. The zero-order chi connectivity index (χ0) is 17.8. The molecule has 7 nitrogen and oxygen atoms in total. The maximum atomic E-state index is 12.9. The Balaban J connectivity index is 1.50. The summed E-state index contributed by atoms with van der Waals surface area (Å²) in [6.07, 6.45) is 3.49. The van der Waals surface area contributed by atoms with Gasteiger partial charge in [0.25, 0.3) is 0 Å². The zero-order valence-corrected chi connectivity index (χ0v) is 14.2. The molecule has 3 aromatic rings. The molecule has 0 spiro atoms. The fraction of sp³-hybridized carbons (Fsp3) is 0.263. The minimum Gasteiger partial charge on any atom is -0.493 e. The van der Waals surface area contributed by atoms with Crippen LogP contribution in [-0.4, -0.2) is 32.7 Å². The summed E-state index contributed by atoms with van der Waals surface area (Å²) in [5.41, 5.74) is 3.07. The molecule has 0 radical (unpaired) electrons. The number of aryl methyl sites for hydroxylation is 1. The van der Waals surface area contributed by atoms with Crippen LogP contribution in [0.4, 0.5) is 0 Å². The van der Waals surface area contributed by atoms with E-state index in [1.165, 1.54) is 16.6 Å². The Morgan fingerprint density at radius 3 is 2.92 bits per heavy atom. The number of tetrazole rings is 1. The van der Waals surface area contributed by atoms with Crippen molar-refractivity contribution in [2.45, 2.75) is 25.4 Å². The van der Waals surface area contributed by atoms with E-state index in [4.69, 9.17) is 4.74 Å². The first-order valence-electron chi connectivity index (χ1n) is 8.61. The first-order chi connectivity index (χ1) is 12.8. The fourth-order valence-electron chi connectivity index (χ4n) is 3.16. The molecule has 4 rings (SSSR count). The number of aromatic nitrogens is 4. The molecule has 1 aliphatic heterocycles. The van der Waals surface area contributed by atoms with E-state index in [1.54, 1.807) is 0 Å². The number of hydrogen-bond acceptors (Lipinski definition) is 5. The van der Waals surface area contributed by atoms with Crippen molar-refractivity contribution < 1.29 is 9.53 Å². The Bertz CT molecular complexity index is 880. The van der Waals surface area contributed by atoms with E-state index in [0.29, 0.717) is 6.54 Å². The van der Waals surface area contributed by atoms with Gasteiger partial charge in [-0.3, -0.25) is 4.79 Å². The van der Waals surface area contributed by atoms with E-state index in [1.807, 2.05) is 42.5 Å². The van der Waals surface area contributed by atoms with Crippen LogP contribution in [0.5, 0.6) is 5.75 Å². The van der Waals surface area contributed by atoms with Gasteiger partial charge < -0.3 is 10.1 Å². The summed E-state index contributed by atoms with van der Waals surface area (Å²) in [5.74, 6) is 0.791. The number of fused-ring (bicyclic) bond motifs is 1. The van der Waals surface area contributed by atoms with Gasteiger partial charge in [0.1, 0.15) is 12.1 Å². The van der Waals surface area contributed by atoms with Crippen molar-refractivity contribution in [3.8, 4) is 5.75 Å². The molecule has 132 valence electrons. The minimum atomic E-state index is -0.604. The third-order valence-corrected chi connectivity index (χ3v) is 4.43. The molecule has 0 aliphatic carbocycles. The highest BCUT2D eigenvalue weighted by Crippen LogP contribution is 2.25. The Kier molecular flexibility index (Phi) is 4.59. The molecule has 1 aromatic heterocycles. The average Bonchev–Trinajstić information content (AvgIpc) is 3.21. The van der Waals surface area contributed by atoms with Crippen molar-refractivity contribution in [3.63, 3.8) is 0 Å². The number of amides is 1. The van der Waals surface area contributed by atoms with Gasteiger partial charge in [0.05, 0.1) is 6.61 Å². The third kappa shape index (κ3) is 3.42. The van der Waals surface area contributed by atoms with Gasteiger partial charge >= 0.3 is 0 Å². The maximum absolute atomic E-state index is 12.9. The molecule has 0 saturated heterocycles. The molecule has 2 aromatic carbocycles. The van der Waals surface area contributed by atoms with Crippen LogP contribution in [0.2, 0.25) is 0 Å². The van der Waals surface area contributed by atoms with Gasteiger partial charge in [-0.15, -0.1) is 5.10 Å². The van der Waals surface area contributed by atoms with Crippen molar-refractivity contribution >= 4 is 5.91 Å². The molecule has 7 heteroatoms. The lowest BCUT2D eigenvalue weighted by atomic mass is 10.0. The number of carbonyl (C=O) groups excluding carboxylic acids is 1. The molecular formula is C19H19N5O2. The molecule has 1 N–H and O–H groups in total. The molecule has 1 amide bonds. The molecule has 0 bridgehead atoms. The second kappa shape index (κ2) is 7.35. The minimum absolute atomic E-state index is 0.155. The van der Waals surface area contributed by atoms with Gasteiger partial charge in [-0.1, -0.05) is 42.5 Å². The lowest BCUT2D eigenvalue weighted by Gasteiger charge is -2.19. The molecule has 2 heterocycles. The predicted octanol–water partition coefficient (Wildman–Crippen LogP) is 1.90. The van der Waals surface area contributed by atoms with Crippen molar-refractivity contribution in [3.05, 3.63) is 71.5 Å². The van der Waals surface area contributed by atoms with E-state index in [9.17, 15) is 4.79 Å². The summed E-state index contributed by atoms with van der Waals surface area (Å²) in [4.78, 5) is 12.9. The lowest BCUT2D eigenvalue weighted by Crippen LogP contribution is -2.33. The average molecular weight is 349 g/mol. The van der Waals surface area contributed by atoms with Crippen LogP contribution < -0.4 is 10.1 Å². The number of nitrogens with one attached hydrogen (secondary N) is 1. The largest absolute Gasteiger partial charge is 0.493 e. The fourth-order valence-corrected chi connectivity index (χ4v) is 3.16. The van der Waals surface area contributed by atoms with Crippen molar-refractivity contribution in [2.75, 3.05) is 6.61 Å². The van der Waals surface area contributed by atoms with Gasteiger partial charge in [0.2, 0.25) is 5.91 Å². The topological polar surface area (TPSA) is 81.9 Å². The van der Waals surface area contributed by atoms with E-state index < -0.39 is 6.04 Å². The van der Waals surface area contributed by atoms with E-state index >= 15 is 0 Å². The molecular weight excluding hydrogens is 330 g/mol. The Hall–Kier alpha value is -3.22. The van der Waals surface area contributed by atoms with Gasteiger partial charge in [0, 0.05) is 6.54 Å². The second-order valence-corrected chi connectivity index (χ2v) is 6.21. The first kappa shape index (κ1) is 16.3. The summed E-state index contributed by atoms with van der Waals surface area (Å²) in [6, 6.07) is 14.9. The highest BCUT2D eigenvalue weighted by atomic mass is 16.5. The Morgan fingerprint density at radius 2 is 2.12 bits per heavy atom. The number of rotatable bonds is 5. The summed E-state index contributed by atoms with van der Waals surface area (Å²) in [5, 5.41) is 14.2. The van der Waals surface area contributed by atoms with Gasteiger partial charge in [-0.25, -0.2) is 4.68 Å².